The molecular formula is C9H15N3O2. The summed E-state index contributed by atoms with van der Waals surface area (Å²) < 4.78 is 0. The van der Waals surface area contributed by atoms with Crippen molar-refractivity contribution in [3.05, 3.63) is 0 Å². The van der Waals surface area contributed by atoms with Crippen LogP contribution in [0.3, 0.4) is 0 Å². The number of hydrogen-bond acceptors (Lipinski definition) is 3. The van der Waals surface area contributed by atoms with Gasteiger partial charge in [-0.3, -0.25) is 9.59 Å². The van der Waals surface area contributed by atoms with Gasteiger partial charge in [-0.1, -0.05) is 13.8 Å². The number of amides is 2. The predicted molar refractivity (Wildman–Crippen MR) is 52.9 cm³/mol. The van der Waals surface area contributed by atoms with Crippen molar-refractivity contribution < 1.29 is 9.59 Å². The molecule has 1 aliphatic rings. The average molecular weight is 197 g/mol. The summed E-state index contributed by atoms with van der Waals surface area (Å²) in [4.78, 5) is 26.5. The highest BCUT2D eigenvalue weighted by atomic mass is 16.2. The van der Waals surface area contributed by atoms with E-state index in [-0.39, 0.29) is 11.8 Å². The van der Waals surface area contributed by atoms with Gasteiger partial charge in [0.25, 0.3) is 5.91 Å². The molecule has 0 aliphatic carbocycles. The molecule has 0 radical (unpaired) electrons. The topological polar surface area (TPSA) is 70.6 Å². The Labute approximate surface area is 83.0 Å². The largest absolute Gasteiger partial charge is 0.312 e. The smallest absolute Gasteiger partial charge is 0.259 e. The van der Waals surface area contributed by atoms with Gasteiger partial charge in [-0.05, 0) is 13.0 Å². The van der Waals surface area contributed by atoms with Crippen LogP contribution in [0.4, 0.5) is 0 Å². The lowest BCUT2D eigenvalue weighted by Gasteiger charge is -2.18. The second-order valence-corrected chi connectivity index (χ2v) is 3.13. The Morgan fingerprint density at radius 2 is 2.14 bits per heavy atom. The standard InChI is InChI=1S/C9H15N3O2/c1-3-6-8(13)11-7(5-10-4-2)12-9(6)14/h6,10H,3-5H2,1-2H3,(H,11,12,13,14). The summed E-state index contributed by atoms with van der Waals surface area (Å²) in [5.41, 5.74) is 0. The van der Waals surface area contributed by atoms with Crippen molar-refractivity contribution >= 4 is 17.6 Å². The summed E-state index contributed by atoms with van der Waals surface area (Å²) in [5.74, 6) is -0.739. The molecule has 1 unspecified atom stereocenters. The summed E-state index contributed by atoms with van der Waals surface area (Å²) in [6.07, 6.45) is 0.503. The van der Waals surface area contributed by atoms with Crippen molar-refractivity contribution in [2.24, 2.45) is 10.9 Å². The highest BCUT2D eigenvalue weighted by molar-refractivity contribution is 6.16. The van der Waals surface area contributed by atoms with Crippen LogP contribution in [0, 0.1) is 5.92 Å². The zero-order valence-corrected chi connectivity index (χ0v) is 8.46. The monoisotopic (exact) mass is 197 g/mol. The lowest BCUT2D eigenvalue weighted by atomic mass is 10.0. The van der Waals surface area contributed by atoms with Crippen LogP contribution in [0.2, 0.25) is 0 Å². The molecule has 5 nitrogen and oxygen atoms in total. The quantitative estimate of drug-likeness (QED) is 0.607. The molecular weight excluding hydrogens is 182 g/mol. The summed E-state index contributed by atoms with van der Waals surface area (Å²) in [7, 11) is 0. The van der Waals surface area contributed by atoms with Crippen LogP contribution in [0.15, 0.2) is 4.99 Å². The third-order valence-electron chi connectivity index (χ3n) is 2.08. The number of nitrogens with zero attached hydrogens (tertiary/aromatic N) is 1. The van der Waals surface area contributed by atoms with Gasteiger partial charge in [0.2, 0.25) is 5.91 Å². The lowest BCUT2D eigenvalue weighted by Crippen LogP contribution is -2.47. The molecule has 0 aromatic heterocycles. The number of carbonyl (C=O) groups excluding carboxylic acids is 2. The molecule has 2 amide bonds. The molecule has 0 aromatic carbocycles. The van der Waals surface area contributed by atoms with Crippen molar-refractivity contribution in [1.29, 1.82) is 0 Å². The summed E-state index contributed by atoms with van der Waals surface area (Å²) in [6.45, 7) is 4.96. The number of carbonyl (C=O) groups is 2. The number of rotatable bonds is 4. The van der Waals surface area contributed by atoms with Crippen molar-refractivity contribution in [3.63, 3.8) is 0 Å². The van der Waals surface area contributed by atoms with Gasteiger partial charge in [-0.2, -0.15) is 4.99 Å². The van der Waals surface area contributed by atoms with E-state index in [0.717, 1.165) is 6.54 Å². The van der Waals surface area contributed by atoms with Crippen LogP contribution >= 0.6 is 0 Å². The van der Waals surface area contributed by atoms with Crippen LogP contribution < -0.4 is 10.6 Å². The van der Waals surface area contributed by atoms with Gasteiger partial charge < -0.3 is 10.6 Å². The Morgan fingerprint density at radius 1 is 1.43 bits per heavy atom. The SMILES string of the molecule is CCNCC1=NC(=O)C(CC)C(=O)N1. The molecule has 1 aliphatic heterocycles. The zero-order chi connectivity index (χ0) is 10.6. The summed E-state index contributed by atoms with van der Waals surface area (Å²) in [5, 5.41) is 5.60. The second-order valence-electron chi connectivity index (χ2n) is 3.13. The van der Waals surface area contributed by atoms with E-state index in [1.807, 2.05) is 6.92 Å². The lowest BCUT2D eigenvalue weighted by molar-refractivity contribution is -0.133. The van der Waals surface area contributed by atoms with Crippen LogP contribution in [0.5, 0.6) is 0 Å². The van der Waals surface area contributed by atoms with Crippen LogP contribution in [0.25, 0.3) is 0 Å². The van der Waals surface area contributed by atoms with Crippen LogP contribution in [0.1, 0.15) is 20.3 Å². The van der Waals surface area contributed by atoms with Crippen molar-refractivity contribution in [2.75, 3.05) is 13.1 Å². The van der Waals surface area contributed by atoms with E-state index in [2.05, 4.69) is 15.6 Å². The number of amidine groups is 1. The molecule has 14 heavy (non-hydrogen) atoms. The maximum absolute atomic E-state index is 11.4. The summed E-state index contributed by atoms with van der Waals surface area (Å²) >= 11 is 0. The molecule has 0 fully saturated rings. The van der Waals surface area contributed by atoms with Gasteiger partial charge in [0, 0.05) is 0 Å². The van der Waals surface area contributed by atoms with E-state index in [4.69, 9.17) is 0 Å². The molecule has 1 rings (SSSR count). The van der Waals surface area contributed by atoms with Gasteiger partial charge in [-0.15, -0.1) is 0 Å². The molecule has 0 aromatic rings. The van der Waals surface area contributed by atoms with E-state index < -0.39 is 5.92 Å². The van der Waals surface area contributed by atoms with Gasteiger partial charge in [0.15, 0.2) is 0 Å². The molecule has 78 valence electrons. The first-order valence-electron chi connectivity index (χ1n) is 4.82. The summed E-state index contributed by atoms with van der Waals surface area (Å²) in [6, 6.07) is 0. The van der Waals surface area contributed by atoms with Gasteiger partial charge in [-0.25, -0.2) is 0 Å². The number of likely N-dealkylation sites (N-methyl/N-ethyl adjacent to an activating group) is 1. The van der Waals surface area contributed by atoms with Gasteiger partial charge in [0.1, 0.15) is 11.8 Å². The van der Waals surface area contributed by atoms with Gasteiger partial charge >= 0.3 is 0 Å². The maximum Gasteiger partial charge on any atom is 0.259 e. The zero-order valence-electron chi connectivity index (χ0n) is 8.46. The third-order valence-corrected chi connectivity index (χ3v) is 2.08. The maximum atomic E-state index is 11.4. The Kier molecular flexibility index (Phi) is 3.76. The second kappa shape index (κ2) is 4.85. The minimum atomic E-state index is -0.597. The first-order chi connectivity index (χ1) is 6.69. The minimum Gasteiger partial charge on any atom is -0.312 e. The Bertz CT molecular complexity index is 273. The Balaban J connectivity index is 2.65. The van der Waals surface area contributed by atoms with Crippen molar-refractivity contribution in [2.45, 2.75) is 20.3 Å². The fourth-order valence-corrected chi connectivity index (χ4v) is 1.27. The molecule has 1 heterocycles. The number of hydrogen-bond donors (Lipinski definition) is 2. The molecule has 0 spiro atoms. The fourth-order valence-electron chi connectivity index (χ4n) is 1.27. The van der Waals surface area contributed by atoms with E-state index >= 15 is 0 Å². The Morgan fingerprint density at radius 3 is 2.64 bits per heavy atom. The fraction of sp³-hybridized carbons (Fsp3) is 0.667. The van der Waals surface area contributed by atoms with E-state index in [1.165, 1.54) is 0 Å². The highest BCUT2D eigenvalue weighted by Crippen LogP contribution is 2.08. The van der Waals surface area contributed by atoms with E-state index in [0.29, 0.717) is 18.8 Å². The first-order valence-corrected chi connectivity index (χ1v) is 4.82. The van der Waals surface area contributed by atoms with E-state index in [9.17, 15) is 9.59 Å². The first kappa shape index (κ1) is 10.8. The highest BCUT2D eigenvalue weighted by Gasteiger charge is 2.29. The Hall–Kier alpha value is -1.23. The molecule has 5 heteroatoms. The molecule has 0 saturated carbocycles. The molecule has 0 saturated heterocycles. The number of nitrogens with one attached hydrogen (secondary N) is 2. The minimum absolute atomic E-state index is 0.236. The average Bonchev–Trinajstić information content (AvgIpc) is 2.14. The predicted octanol–water partition coefficient (Wildman–Crippen LogP) is -0.323. The third kappa shape index (κ3) is 2.38. The molecule has 0 bridgehead atoms. The molecule has 1 atom stereocenters. The van der Waals surface area contributed by atoms with Crippen LogP contribution in [-0.2, 0) is 9.59 Å². The number of aliphatic imine (C=N–C) groups is 1. The normalized spacial score (nSPS) is 21.9. The van der Waals surface area contributed by atoms with Crippen molar-refractivity contribution in [3.8, 4) is 0 Å². The van der Waals surface area contributed by atoms with Gasteiger partial charge in [0.05, 0.1) is 6.54 Å². The van der Waals surface area contributed by atoms with E-state index in [1.54, 1.807) is 6.92 Å². The molecule has 2 N–H and O–H groups in total. The van der Waals surface area contributed by atoms with Crippen molar-refractivity contribution in [1.82, 2.24) is 10.6 Å². The van der Waals surface area contributed by atoms with Crippen LogP contribution in [-0.4, -0.2) is 30.7 Å².